The van der Waals surface area contributed by atoms with Gasteiger partial charge in [0.2, 0.25) is 10.0 Å². The summed E-state index contributed by atoms with van der Waals surface area (Å²) < 4.78 is 28.3. The van der Waals surface area contributed by atoms with Crippen LogP contribution in [0.25, 0.3) is 5.69 Å². The standard InChI is InChI=1S/C29H31N5O2S2/c1-5-21-10-6-7-12-26(21)33-19(2)18-24(20(33)3)28-27(25-11-8-9-17-30-25)31-29(37)34(28)23-15-13-22(14-16-23)32-38(4,35)36/h6-18,27-28,32H,5H2,1-4H3,(H,31,37)/t27-,28-/m0/s1. The highest BCUT2D eigenvalue weighted by Crippen LogP contribution is 2.44. The Kier molecular flexibility index (Phi) is 6.98. The molecule has 38 heavy (non-hydrogen) atoms. The average molecular weight is 546 g/mol. The number of thiocarbonyl (C=S) groups is 1. The Morgan fingerprint density at radius 2 is 1.74 bits per heavy atom. The molecule has 2 aromatic carbocycles. The van der Waals surface area contributed by atoms with Crippen LogP contribution < -0.4 is 14.9 Å². The number of pyridine rings is 1. The summed E-state index contributed by atoms with van der Waals surface area (Å²) in [6.07, 6.45) is 3.88. The Morgan fingerprint density at radius 1 is 1.03 bits per heavy atom. The number of sulfonamides is 1. The highest BCUT2D eigenvalue weighted by molar-refractivity contribution is 7.92. The second-order valence-corrected chi connectivity index (χ2v) is 11.7. The molecule has 0 radical (unpaired) electrons. The van der Waals surface area contributed by atoms with E-state index in [1.807, 2.05) is 30.3 Å². The van der Waals surface area contributed by atoms with Crippen LogP contribution in [-0.4, -0.2) is 29.3 Å². The summed E-state index contributed by atoms with van der Waals surface area (Å²) in [6, 6.07) is 23.6. The van der Waals surface area contributed by atoms with Crippen molar-refractivity contribution in [1.82, 2.24) is 14.9 Å². The molecule has 0 spiro atoms. The minimum Gasteiger partial charge on any atom is -0.351 e. The molecule has 1 fully saturated rings. The van der Waals surface area contributed by atoms with Crippen molar-refractivity contribution in [2.75, 3.05) is 15.9 Å². The lowest BCUT2D eigenvalue weighted by Crippen LogP contribution is -2.29. The number of hydrogen-bond donors (Lipinski definition) is 2. The molecule has 0 aliphatic carbocycles. The first kappa shape index (κ1) is 25.9. The second-order valence-electron chi connectivity index (χ2n) is 9.56. The summed E-state index contributed by atoms with van der Waals surface area (Å²) in [6.45, 7) is 6.46. The lowest BCUT2D eigenvalue weighted by molar-refractivity contribution is 0.565. The van der Waals surface area contributed by atoms with Gasteiger partial charge < -0.3 is 14.8 Å². The first-order chi connectivity index (χ1) is 18.2. The lowest BCUT2D eigenvalue weighted by atomic mass is 9.96. The molecule has 2 atom stereocenters. The number of aryl methyl sites for hydroxylation is 2. The van der Waals surface area contributed by atoms with Gasteiger partial charge in [0.25, 0.3) is 0 Å². The molecule has 0 saturated carbocycles. The zero-order valence-corrected chi connectivity index (χ0v) is 23.5. The van der Waals surface area contributed by atoms with E-state index in [4.69, 9.17) is 12.2 Å². The fourth-order valence-corrected chi connectivity index (χ4v) is 6.25. The maximum Gasteiger partial charge on any atom is 0.229 e. The van der Waals surface area contributed by atoms with Gasteiger partial charge >= 0.3 is 0 Å². The molecular weight excluding hydrogens is 514 g/mol. The number of hydrogen-bond acceptors (Lipinski definition) is 4. The smallest absolute Gasteiger partial charge is 0.229 e. The number of rotatable bonds is 7. The van der Waals surface area contributed by atoms with Crippen molar-refractivity contribution < 1.29 is 8.42 Å². The molecular formula is C29H31N5O2S2. The Labute approximate surface area is 229 Å². The summed E-state index contributed by atoms with van der Waals surface area (Å²) in [4.78, 5) is 6.77. The average Bonchev–Trinajstić information content (AvgIpc) is 3.39. The Morgan fingerprint density at radius 3 is 2.39 bits per heavy atom. The molecule has 7 nitrogen and oxygen atoms in total. The molecule has 1 aliphatic heterocycles. The third-order valence-corrected chi connectivity index (χ3v) is 7.87. The summed E-state index contributed by atoms with van der Waals surface area (Å²) in [5.74, 6) is 0. The highest BCUT2D eigenvalue weighted by Gasteiger charge is 2.42. The number of nitrogens with zero attached hydrogens (tertiary/aromatic N) is 3. The molecule has 0 amide bonds. The molecule has 0 unspecified atom stereocenters. The van der Waals surface area contributed by atoms with Crippen LogP contribution in [-0.2, 0) is 16.4 Å². The predicted molar refractivity (Wildman–Crippen MR) is 157 cm³/mol. The van der Waals surface area contributed by atoms with Crippen molar-refractivity contribution >= 4 is 38.7 Å². The van der Waals surface area contributed by atoms with Crippen LogP contribution in [0.1, 0.15) is 47.2 Å². The summed E-state index contributed by atoms with van der Waals surface area (Å²) in [5, 5.41) is 4.10. The van der Waals surface area contributed by atoms with E-state index in [-0.39, 0.29) is 12.1 Å². The molecule has 2 N–H and O–H groups in total. The van der Waals surface area contributed by atoms with E-state index in [2.05, 4.69) is 75.6 Å². The predicted octanol–water partition coefficient (Wildman–Crippen LogP) is 5.60. The number of aromatic nitrogens is 2. The van der Waals surface area contributed by atoms with Crippen LogP contribution in [0.2, 0.25) is 0 Å². The van der Waals surface area contributed by atoms with E-state index >= 15 is 0 Å². The minimum atomic E-state index is -3.37. The molecule has 1 saturated heterocycles. The van der Waals surface area contributed by atoms with Gasteiger partial charge in [-0.25, -0.2) is 8.42 Å². The summed E-state index contributed by atoms with van der Waals surface area (Å²) in [7, 11) is -3.37. The van der Waals surface area contributed by atoms with Gasteiger partial charge in [-0.15, -0.1) is 0 Å². The number of para-hydroxylation sites is 1. The lowest BCUT2D eigenvalue weighted by Gasteiger charge is -2.28. The topological polar surface area (TPSA) is 79.3 Å². The molecule has 196 valence electrons. The molecule has 1 aliphatic rings. The van der Waals surface area contributed by atoms with E-state index < -0.39 is 10.0 Å². The summed E-state index contributed by atoms with van der Waals surface area (Å²) in [5.41, 5.74) is 8.16. The van der Waals surface area contributed by atoms with Crippen LogP contribution in [0.4, 0.5) is 11.4 Å². The van der Waals surface area contributed by atoms with Crippen LogP contribution in [0.5, 0.6) is 0 Å². The van der Waals surface area contributed by atoms with Gasteiger partial charge in [-0.3, -0.25) is 9.71 Å². The molecule has 3 heterocycles. The zero-order valence-electron chi connectivity index (χ0n) is 21.8. The van der Waals surface area contributed by atoms with Crippen LogP contribution >= 0.6 is 12.2 Å². The molecule has 4 aromatic rings. The Bertz CT molecular complexity index is 1580. The SMILES string of the molecule is CCc1ccccc1-n1c(C)cc([C@H]2[C@H](c3ccccn3)NC(=S)N2c2ccc(NS(C)(=O)=O)cc2)c1C. The van der Waals surface area contributed by atoms with Crippen molar-refractivity contribution in [2.45, 2.75) is 39.3 Å². The van der Waals surface area contributed by atoms with Crippen LogP contribution in [0.3, 0.4) is 0 Å². The van der Waals surface area contributed by atoms with Gasteiger partial charge in [-0.1, -0.05) is 31.2 Å². The fraction of sp³-hybridized carbons (Fsp3) is 0.241. The van der Waals surface area contributed by atoms with Crippen molar-refractivity contribution in [3.63, 3.8) is 0 Å². The third-order valence-electron chi connectivity index (χ3n) is 6.95. The fourth-order valence-electron chi connectivity index (χ4n) is 5.34. The highest BCUT2D eigenvalue weighted by atomic mass is 32.2. The van der Waals surface area contributed by atoms with Crippen molar-refractivity contribution in [3.8, 4) is 5.69 Å². The normalized spacial score (nSPS) is 17.5. The molecule has 0 bridgehead atoms. The van der Waals surface area contributed by atoms with E-state index in [0.29, 0.717) is 10.8 Å². The van der Waals surface area contributed by atoms with Crippen molar-refractivity contribution in [2.24, 2.45) is 0 Å². The van der Waals surface area contributed by atoms with E-state index in [1.165, 1.54) is 11.3 Å². The minimum absolute atomic E-state index is 0.167. The van der Waals surface area contributed by atoms with E-state index in [0.717, 1.165) is 41.0 Å². The van der Waals surface area contributed by atoms with E-state index in [1.54, 1.807) is 18.3 Å². The maximum atomic E-state index is 11.7. The van der Waals surface area contributed by atoms with E-state index in [9.17, 15) is 8.42 Å². The summed E-state index contributed by atoms with van der Waals surface area (Å²) >= 11 is 5.88. The Hall–Kier alpha value is -3.69. The third kappa shape index (κ3) is 4.91. The van der Waals surface area contributed by atoms with Crippen LogP contribution in [0, 0.1) is 13.8 Å². The van der Waals surface area contributed by atoms with Gasteiger partial charge in [0.05, 0.1) is 24.0 Å². The zero-order chi connectivity index (χ0) is 27.0. The van der Waals surface area contributed by atoms with Gasteiger partial charge in [0.15, 0.2) is 5.11 Å². The Balaban J connectivity index is 1.64. The van der Waals surface area contributed by atoms with Crippen molar-refractivity contribution in [1.29, 1.82) is 0 Å². The number of benzene rings is 2. The first-order valence-corrected chi connectivity index (χ1v) is 14.8. The van der Waals surface area contributed by atoms with Gasteiger partial charge in [-0.05, 0) is 92.1 Å². The van der Waals surface area contributed by atoms with Gasteiger partial charge in [-0.2, -0.15) is 0 Å². The second kappa shape index (κ2) is 10.2. The van der Waals surface area contributed by atoms with Gasteiger partial charge in [0.1, 0.15) is 0 Å². The van der Waals surface area contributed by atoms with Crippen molar-refractivity contribution in [3.05, 3.63) is 107 Å². The molecule has 9 heteroatoms. The van der Waals surface area contributed by atoms with Gasteiger partial charge in [0, 0.05) is 34.6 Å². The molecule has 2 aromatic heterocycles. The van der Waals surface area contributed by atoms with Crippen LogP contribution in [0.15, 0.2) is 79.0 Å². The maximum absolute atomic E-state index is 11.7. The molecule has 5 rings (SSSR count). The largest absolute Gasteiger partial charge is 0.351 e. The number of nitrogens with one attached hydrogen (secondary N) is 2. The first-order valence-electron chi connectivity index (χ1n) is 12.5. The monoisotopic (exact) mass is 545 g/mol. The number of anilines is 2. The quantitative estimate of drug-likeness (QED) is 0.294.